The zero-order chi connectivity index (χ0) is 12.3. The Morgan fingerprint density at radius 2 is 2.19 bits per heavy atom. The summed E-state index contributed by atoms with van der Waals surface area (Å²) in [6.07, 6.45) is 1.46. The topological polar surface area (TPSA) is 72.5 Å². The van der Waals surface area contributed by atoms with E-state index in [1.165, 1.54) is 25.3 Å². The van der Waals surface area contributed by atoms with Gasteiger partial charge in [0.1, 0.15) is 5.75 Å². The van der Waals surface area contributed by atoms with Crippen molar-refractivity contribution in [2.45, 2.75) is 6.92 Å². The molecule has 0 aromatic heterocycles. The van der Waals surface area contributed by atoms with Crippen molar-refractivity contribution in [3.63, 3.8) is 0 Å². The summed E-state index contributed by atoms with van der Waals surface area (Å²) >= 11 is 5.78. The molecular weight excluding hydrogens is 230 g/mol. The molecule has 0 unspecified atom stereocenters. The third-order valence-corrected chi connectivity index (χ3v) is 2.23. The molecule has 16 heavy (non-hydrogen) atoms. The van der Waals surface area contributed by atoms with E-state index in [-0.39, 0.29) is 11.4 Å². The van der Waals surface area contributed by atoms with Crippen molar-refractivity contribution in [3.8, 4) is 5.75 Å². The van der Waals surface area contributed by atoms with E-state index in [4.69, 9.17) is 17.3 Å². The minimum Gasteiger partial charge on any atom is -0.505 e. The molecule has 0 saturated heterocycles. The fraction of sp³-hybridized carbons (Fsp3) is 0.182. The van der Waals surface area contributed by atoms with E-state index in [0.29, 0.717) is 16.2 Å². The molecule has 4 nitrogen and oxygen atoms in total. The Morgan fingerprint density at radius 1 is 1.56 bits per heavy atom. The Balaban J connectivity index is 3.19. The fourth-order valence-corrected chi connectivity index (χ4v) is 1.44. The molecule has 1 rings (SSSR count). The molecule has 0 aliphatic heterocycles. The number of phenols is 1. The van der Waals surface area contributed by atoms with E-state index in [9.17, 15) is 9.90 Å². The number of halogens is 1. The van der Waals surface area contributed by atoms with Gasteiger partial charge in [-0.05, 0) is 25.1 Å². The quantitative estimate of drug-likeness (QED) is 0.360. The molecule has 3 N–H and O–H groups in total. The summed E-state index contributed by atoms with van der Waals surface area (Å²) in [6, 6.07) is 2.95. The van der Waals surface area contributed by atoms with E-state index in [1.54, 1.807) is 6.92 Å². The van der Waals surface area contributed by atoms with Crippen LogP contribution < -0.4 is 5.73 Å². The number of benzene rings is 1. The number of nitrogens with two attached hydrogens (primary N) is 1. The number of hydrogen-bond donors (Lipinski definition) is 2. The van der Waals surface area contributed by atoms with Crippen molar-refractivity contribution >= 4 is 29.3 Å². The van der Waals surface area contributed by atoms with Crippen LogP contribution in [0.1, 0.15) is 12.5 Å². The smallest absolute Gasteiger partial charge is 0.333 e. The van der Waals surface area contributed by atoms with Gasteiger partial charge in [0, 0.05) is 16.2 Å². The van der Waals surface area contributed by atoms with Crippen LogP contribution in [0, 0.1) is 0 Å². The molecule has 0 aliphatic rings. The molecule has 0 amide bonds. The molecule has 0 spiro atoms. The molecule has 86 valence electrons. The zero-order valence-corrected chi connectivity index (χ0v) is 9.71. The predicted octanol–water partition coefficient (Wildman–Crippen LogP) is 2.20. The lowest BCUT2D eigenvalue weighted by atomic mass is 10.1. The van der Waals surface area contributed by atoms with Crippen LogP contribution in [0.4, 0.5) is 5.69 Å². The number of rotatable bonds is 2. The van der Waals surface area contributed by atoms with Crippen LogP contribution in [0.15, 0.2) is 17.7 Å². The van der Waals surface area contributed by atoms with Crippen molar-refractivity contribution in [3.05, 3.63) is 28.3 Å². The lowest BCUT2D eigenvalue weighted by Gasteiger charge is -2.05. The molecule has 0 aliphatic carbocycles. The summed E-state index contributed by atoms with van der Waals surface area (Å²) in [5.41, 5.74) is 6.42. The van der Waals surface area contributed by atoms with Crippen LogP contribution in [-0.4, -0.2) is 18.2 Å². The second-order valence-electron chi connectivity index (χ2n) is 3.25. The molecule has 0 radical (unpaired) electrons. The van der Waals surface area contributed by atoms with Gasteiger partial charge in [0.15, 0.2) is 0 Å². The number of phenolic OH excluding ortho intramolecular Hbond substituents is 1. The Morgan fingerprint density at radius 3 is 2.75 bits per heavy atom. The summed E-state index contributed by atoms with van der Waals surface area (Å²) in [7, 11) is 1.28. The number of aromatic hydroxyl groups is 1. The van der Waals surface area contributed by atoms with Crippen molar-refractivity contribution < 1.29 is 14.6 Å². The van der Waals surface area contributed by atoms with Crippen LogP contribution >= 0.6 is 11.6 Å². The SMILES string of the molecule is COC(=O)/C(C)=C/c1cc(Cl)cc(N)c1O. The molecule has 0 bridgehead atoms. The average Bonchev–Trinajstić information content (AvgIpc) is 2.23. The van der Waals surface area contributed by atoms with Crippen LogP contribution in [0.2, 0.25) is 5.02 Å². The highest BCUT2D eigenvalue weighted by atomic mass is 35.5. The van der Waals surface area contributed by atoms with Crippen LogP contribution in [0.3, 0.4) is 0 Å². The average molecular weight is 242 g/mol. The van der Waals surface area contributed by atoms with Gasteiger partial charge in [-0.25, -0.2) is 4.79 Å². The van der Waals surface area contributed by atoms with Crippen molar-refractivity contribution in [2.24, 2.45) is 0 Å². The van der Waals surface area contributed by atoms with Gasteiger partial charge in [0.25, 0.3) is 0 Å². The number of methoxy groups -OCH3 is 1. The van der Waals surface area contributed by atoms with Gasteiger partial charge in [-0.3, -0.25) is 0 Å². The number of nitrogen functional groups attached to an aromatic ring is 1. The first-order chi connectivity index (χ1) is 7.45. The third-order valence-electron chi connectivity index (χ3n) is 2.01. The third kappa shape index (κ3) is 2.67. The molecule has 1 aromatic rings. The fourth-order valence-electron chi connectivity index (χ4n) is 1.21. The molecular formula is C11H12ClNO3. The number of esters is 1. The van der Waals surface area contributed by atoms with Gasteiger partial charge in [0.05, 0.1) is 12.8 Å². The second-order valence-corrected chi connectivity index (χ2v) is 3.69. The van der Waals surface area contributed by atoms with E-state index < -0.39 is 5.97 Å². The maximum Gasteiger partial charge on any atom is 0.333 e. The van der Waals surface area contributed by atoms with Crippen LogP contribution in [-0.2, 0) is 9.53 Å². The van der Waals surface area contributed by atoms with Crippen LogP contribution in [0.25, 0.3) is 6.08 Å². The highest BCUT2D eigenvalue weighted by Gasteiger charge is 2.08. The lowest BCUT2D eigenvalue weighted by Crippen LogP contribution is -2.01. The molecule has 1 aromatic carbocycles. The largest absolute Gasteiger partial charge is 0.505 e. The number of hydrogen-bond acceptors (Lipinski definition) is 4. The Labute approximate surface area is 98.3 Å². The standard InChI is InChI=1S/C11H12ClNO3/c1-6(11(15)16-2)3-7-4-8(12)5-9(13)10(7)14/h3-5,14H,13H2,1-2H3/b6-3+. The van der Waals surface area contributed by atoms with E-state index in [2.05, 4.69) is 4.74 Å². The number of carbonyl (C=O) groups excluding carboxylic acids is 1. The summed E-state index contributed by atoms with van der Waals surface area (Å²) in [5, 5.41) is 10.0. The van der Waals surface area contributed by atoms with Gasteiger partial charge < -0.3 is 15.6 Å². The second kappa shape index (κ2) is 4.90. The highest BCUT2D eigenvalue weighted by molar-refractivity contribution is 6.31. The maximum atomic E-state index is 11.2. The van der Waals surface area contributed by atoms with Crippen molar-refractivity contribution in [1.29, 1.82) is 0 Å². The van der Waals surface area contributed by atoms with E-state index in [1.807, 2.05) is 0 Å². The Bertz CT molecular complexity index is 455. The summed E-state index contributed by atoms with van der Waals surface area (Å²) in [6.45, 7) is 1.57. The minimum atomic E-state index is -0.474. The normalized spacial score (nSPS) is 11.3. The van der Waals surface area contributed by atoms with E-state index >= 15 is 0 Å². The predicted molar refractivity (Wildman–Crippen MR) is 63.2 cm³/mol. The zero-order valence-electron chi connectivity index (χ0n) is 8.95. The van der Waals surface area contributed by atoms with E-state index in [0.717, 1.165) is 0 Å². The van der Waals surface area contributed by atoms with Gasteiger partial charge in [0.2, 0.25) is 0 Å². The number of ether oxygens (including phenoxy) is 1. The first kappa shape index (κ1) is 12.4. The first-order valence-corrected chi connectivity index (χ1v) is 4.88. The lowest BCUT2D eigenvalue weighted by molar-refractivity contribution is -0.135. The minimum absolute atomic E-state index is 0.104. The van der Waals surface area contributed by atoms with Gasteiger partial charge in [-0.2, -0.15) is 0 Å². The Kier molecular flexibility index (Phi) is 3.79. The summed E-state index contributed by atoms with van der Waals surface area (Å²) in [5.74, 6) is -0.578. The van der Waals surface area contributed by atoms with Crippen molar-refractivity contribution in [1.82, 2.24) is 0 Å². The number of carbonyl (C=O) groups is 1. The molecule has 0 atom stereocenters. The summed E-state index contributed by atoms with van der Waals surface area (Å²) in [4.78, 5) is 11.2. The molecule has 0 fully saturated rings. The first-order valence-electron chi connectivity index (χ1n) is 4.50. The monoisotopic (exact) mass is 241 g/mol. The molecule has 5 heteroatoms. The van der Waals surface area contributed by atoms with Gasteiger partial charge in [-0.1, -0.05) is 11.6 Å². The number of anilines is 1. The summed E-state index contributed by atoms with van der Waals surface area (Å²) < 4.78 is 4.53. The van der Waals surface area contributed by atoms with Crippen molar-refractivity contribution in [2.75, 3.05) is 12.8 Å². The molecule has 0 saturated carbocycles. The maximum absolute atomic E-state index is 11.2. The van der Waals surface area contributed by atoms with Gasteiger partial charge in [-0.15, -0.1) is 0 Å². The molecule has 0 heterocycles. The highest BCUT2D eigenvalue weighted by Crippen LogP contribution is 2.30. The van der Waals surface area contributed by atoms with Gasteiger partial charge >= 0.3 is 5.97 Å². The van der Waals surface area contributed by atoms with Crippen LogP contribution in [0.5, 0.6) is 5.75 Å². The Hall–Kier alpha value is -1.68.